The quantitative estimate of drug-likeness (QED) is 0.232. The second kappa shape index (κ2) is 13.4. The number of thioether (sulfide) groups is 1. The van der Waals surface area contributed by atoms with Gasteiger partial charge in [0, 0.05) is 4.90 Å². The molecule has 3 aromatic rings. The number of nitrogens with one attached hydrogen (secondary N) is 1. The van der Waals surface area contributed by atoms with Gasteiger partial charge in [0.2, 0.25) is 5.91 Å². The van der Waals surface area contributed by atoms with Crippen LogP contribution < -0.4 is 19.1 Å². The highest BCUT2D eigenvalue weighted by atomic mass is 32.2. The van der Waals surface area contributed by atoms with Crippen molar-refractivity contribution in [2.75, 3.05) is 36.9 Å². The standard InChI is InChI=1S/C28H34N2O5S2/c1-5-34-27-13-9-7-11-25(27)30(37(32,33)23-16-14-22(36-4)15-17-23)20-28(31)29-18-19-35-26-12-8-6-10-24(26)21(2)3/h6-17,21H,5,18-20H2,1-4H3,(H,29,31). The Morgan fingerprint density at radius 1 is 0.946 bits per heavy atom. The summed E-state index contributed by atoms with van der Waals surface area (Å²) in [6.07, 6.45) is 1.92. The number of amides is 1. The Bertz CT molecular complexity index is 1280. The lowest BCUT2D eigenvalue weighted by atomic mass is 10.0. The van der Waals surface area contributed by atoms with E-state index in [1.54, 1.807) is 48.5 Å². The third-order valence-electron chi connectivity index (χ3n) is 5.59. The van der Waals surface area contributed by atoms with Crippen molar-refractivity contribution < 1.29 is 22.7 Å². The maximum absolute atomic E-state index is 13.7. The van der Waals surface area contributed by atoms with Crippen molar-refractivity contribution >= 4 is 33.4 Å². The van der Waals surface area contributed by atoms with E-state index in [4.69, 9.17) is 9.47 Å². The molecule has 37 heavy (non-hydrogen) atoms. The van der Waals surface area contributed by atoms with Crippen LogP contribution in [0.15, 0.2) is 82.6 Å². The van der Waals surface area contributed by atoms with Crippen LogP contribution in [-0.4, -0.2) is 46.9 Å². The lowest BCUT2D eigenvalue weighted by Crippen LogP contribution is -2.42. The molecule has 3 rings (SSSR count). The molecular weight excluding hydrogens is 508 g/mol. The summed E-state index contributed by atoms with van der Waals surface area (Å²) < 4.78 is 40.1. The van der Waals surface area contributed by atoms with E-state index in [1.807, 2.05) is 37.4 Å². The number of ether oxygens (including phenoxy) is 2. The lowest BCUT2D eigenvalue weighted by molar-refractivity contribution is -0.119. The molecule has 0 saturated carbocycles. The molecule has 0 heterocycles. The summed E-state index contributed by atoms with van der Waals surface area (Å²) in [6, 6.07) is 21.2. The molecule has 0 unspecified atom stereocenters. The fraction of sp³-hybridized carbons (Fsp3) is 0.321. The second-order valence-electron chi connectivity index (χ2n) is 8.48. The van der Waals surface area contributed by atoms with Crippen LogP contribution >= 0.6 is 11.8 Å². The molecule has 0 saturated heterocycles. The number of anilines is 1. The number of carbonyl (C=O) groups excluding carboxylic acids is 1. The predicted octanol–water partition coefficient (Wildman–Crippen LogP) is 5.32. The number of hydrogen-bond donors (Lipinski definition) is 1. The van der Waals surface area contributed by atoms with Gasteiger partial charge < -0.3 is 14.8 Å². The number of para-hydroxylation sites is 3. The summed E-state index contributed by atoms with van der Waals surface area (Å²) in [5.41, 5.74) is 1.39. The molecule has 0 aliphatic carbocycles. The summed E-state index contributed by atoms with van der Waals surface area (Å²) in [5, 5.41) is 2.78. The van der Waals surface area contributed by atoms with Gasteiger partial charge in [0.05, 0.1) is 23.7 Å². The van der Waals surface area contributed by atoms with Crippen LogP contribution in [0, 0.1) is 0 Å². The molecule has 0 fully saturated rings. The monoisotopic (exact) mass is 542 g/mol. The maximum atomic E-state index is 13.7. The Hall–Kier alpha value is -3.17. The maximum Gasteiger partial charge on any atom is 0.264 e. The highest BCUT2D eigenvalue weighted by molar-refractivity contribution is 7.98. The summed E-state index contributed by atoms with van der Waals surface area (Å²) in [6.45, 7) is 6.44. The molecule has 0 spiro atoms. The van der Waals surface area contributed by atoms with E-state index in [-0.39, 0.29) is 18.0 Å². The van der Waals surface area contributed by atoms with Gasteiger partial charge in [-0.25, -0.2) is 8.42 Å². The minimum absolute atomic E-state index is 0.0954. The Labute approximate surface area is 224 Å². The Balaban J connectivity index is 1.77. The van der Waals surface area contributed by atoms with Gasteiger partial charge in [-0.05, 0) is 67.1 Å². The van der Waals surface area contributed by atoms with Crippen molar-refractivity contribution in [2.45, 2.75) is 36.5 Å². The largest absolute Gasteiger partial charge is 0.492 e. The van der Waals surface area contributed by atoms with Crippen molar-refractivity contribution in [1.29, 1.82) is 0 Å². The lowest BCUT2D eigenvalue weighted by Gasteiger charge is -2.26. The topological polar surface area (TPSA) is 84.9 Å². The first kappa shape index (κ1) is 28.4. The molecule has 0 aliphatic rings. The van der Waals surface area contributed by atoms with Crippen LogP contribution in [0.5, 0.6) is 11.5 Å². The third kappa shape index (κ3) is 7.42. The summed E-state index contributed by atoms with van der Waals surface area (Å²) in [7, 11) is -4.05. The van der Waals surface area contributed by atoms with E-state index in [0.29, 0.717) is 24.0 Å². The van der Waals surface area contributed by atoms with Gasteiger partial charge in [0.15, 0.2) is 0 Å². The zero-order valence-electron chi connectivity index (χ0n) is 21.6. The smallest absolute Gasteiger partial charge is 0.264 e. The number of nitrogens with zero attached hydrogens (tertiary/aromatic N) is 1. The number of hydrogen-bond acceptors (Lipinski definition) is 6. The number of sulfonamides is 1. The molecule has 0 aromatic heterocycles. The van der Waals surface area contributed by atoms with E-state index in [2.05, 4.69) is 19.2 Å². The Kier molecular flexibility index (Phi) is 10.3. The fourth-order valence-corrected chi connectivity index (χ4v) is 5.58. The van der Waals surface area contributed by atoms with Gasteiger partial charge in [-0.3, -0.25) is 9.10 Å². The van der Waals surface area contributed by atoms with Gasteiger partial charge in [-0.15, -0.1) is 11.8 Å². The summed E-state index contributed by atoms with van der Waals surface area (Å²) >= 11 is 1.52. The van der Waals surface area contributed by atoms with Crippen LogP contribution in [0.4, 0.5) is 5.69 Å². The fourth-order valence-electron chi connectivity index (χ4n) is 3.74. The van der Waals surface area contributed by atoms with E-state index in [9.17, 15) is 13.2 Å². The van der Waals surface area contributed by atoms with E-state index in [0.717, 1.165) is 20.5 Å². The third-order valence-corrected chi connectivity index (χ3v) is 8.11. The SMILES string of the molecule is CCOc1ccccc1N(CC(=O)NCCOc1ccccc1C(C)C)S(=O)(=O)c1ccc(SC)cc1. The number of benzene rings is 3. The first-order valence-corrected chi connectivity index (χ1v) is 14.8. The van der Waals surface area contributed by atoms with Gasteiger partial charge in [0.1, 0.15) is 24.7 Å². The molecule has 3 aromatic carbocycles. The van der Waals surface area contributed by atoms with Crippen molar-refractivity contribution in [1.82, 2.24) is 5.32 Å². The second-order valence-corrected chi connectivity index (χ2v) is 11.2. The molecule has 0 radical (unpaired) electrons. The Morgan fingerprint density at radius 3 is 2.24 bits per heavy atom. The molecule has 0 bridgehead atoms. The first-order valence-electron chi connectivity index (χ1n) is 12.1. The summed E-state index contributed by atoms with van der Waals surface area (Å²) in [5.74, 6) is 1.02. The predicted molar refractivity (Wildman–Crippen MR) is 149 cm³/mol. The normalized spacial score (nSPS) is 11.3. The molecule has 198 valence electrons. The van der Waals surface area contributed by atoms with E-state index in [1.165, 1.54) is 11.8 Å². The Morgan fingerprint density at radius 2 is 1.59 bits per heavy atom. The van der Waals surface area contributed by atoms with Crippen LogP contribution in [0.25, 0.3) is 0 Å². The molecule has 7 nitrogen and oxygen atoms in total. The van der Waals surface area contributed by atoms with Gasteiger partial charge >= 0.3 is 0 Å². The number of carbonyl (C=O) groups is 1. The van der Waals surface area contributed by atoms with Crippen molar-refractivity contribution in [3.63, 3.8) is 0 Å². The van der Waals surface area contributed by atoms with Crippen LogP contribution in [0.3, 0.4) is 0 Å². The molecular formula is C28H34N2O5S2. The molecule has 1 N–H and O–H groups in total. The van der Waals surface area contributed by atoms with Gasteiger partial charge in [-0.2, -0.15) is 0 Å². The van der Waals surface area contributed by atoms with Gasteiger partial charge in [0.25, 0.3) is 10.0 Å². The van der Waals surface area contributed by atoms with E-state index >= 15 is 0 Å². The van der Waals surface area contributed by atoms with Crippen LogP contribution in [0.1, 0.15) is 32.3 Å². The average molecular weight is 543 g/mol. The first-order chi connectivity index (χ1) is 17.8. The van der Waals surface area contributed by atoms with Crippen molar-refractivity contribution in [2.24, 2.45) is 0 Å². The highest BCUT2D eigenvalue weighted by Gasteiger charge is 2.29. The molecule has 0 aliphatic heterocycles. The number of rotatable bonds is 13. The van der Waals surface area contributed by atoms with E-state index < -0.39 is 22.5 Å². The minimum Gasteiger partial charge on any atom is -0.492 e. The molecule has 9 heteroatoms. The van der Waals surface area contributed by atoms with Crippen LogP contribution in [0.2, 0.25) is 0 Å². The summed E-state index contributed by atoms with van der Waals surface area (Å²) in [4.78, 5) is 14.0. The van der Waals surface area contributed by atoms with Crippen molar-refractivity contribution in [3.8, 4) is 11.5 Å². The zero-order chi connectivity index (χ0) is 26.8. The van der Waals surface area contributed by atoms with Crippen molar-refractivity contribution in [3.05, 3.63) is 78.4 Å². The molecule has 1 amide bonds. The average Bonchev–Trinajstić information content (AvgIpc) is 2.90. The highest BCUT2D eigenvalue weighted by Crippen LogP contribution is 2.33. The van der Waals surface area contributed by atoms with Crippen LogP contribution in [-0.2, 0) is 14.8 Å². The minimum atomic E-state index is -4.05. The molecule has 0 atom stereocenters. The zero-order valence-corrected chi connectivity index (χ0v) is 23.3. The van der Waals surface area contributed by atoms with Gasteiger partial charge in [-0.1, -0.05) is 44.2 Å².